The van der Waals surface area contributed by atoms with E-state index in [0.29, 0.717) is 11.6 Å². The van der Waals surface area contributed by atoms with Gasteiger partial charge in [-0.1, -0.05) is 18.7 Å². The number of aromatic nitrogens is 2. The predicted octanol–water partition coefficient (Wildman–Crippen LogP) is 0.0339. The van der Waals surface area contributed by atoms with Crippen LogP contribution in [0.4, 0.5) is 0 Å². The van der Waals surface area contributed by atoms with Gasteiger partial charge in [-0.3, -0.25) is 4.79 Å². The van der Waals surface area contributed by atoms with Crippen LogP contribution in [0.3, 0.4) is 0 Å². The fourth-order valence-corrected chi connectivity index (χ4v) is 3.03. The first-order valence-corrected chi connectivity index (χ1v) is 7.83. The number of nitrogens with two attached hydrogens (primary N) is 1. The van der Waals surface area contributed by atoms with Gasteiger partial charge in [-0.25, -0.2) is 18.5 Å². The SMILES string of the molecule is CCCn1ccnc(SCCS(N)(=O)=O)c1=O. The van der Waals surface area contributed by atoms with E-state index in [4.69, 9.17) is 5.14 Å². The molecule has 1 heterocycles. The molecular formula is C9H15N3O3S2. The molecule has 1 aromatic heterocycles. The number of hydrogen-bond donors (Lipinski definition) is 1. The molecule has 0 fully saturated rings. The van der Waals surface area contributed by atoms with E-state index in [-0.39, 0.29) is 17.1 Å². The first-order valence-electron chi connectivity index (χ1n) is 5.12. The summed E-state index contributed by atoms with van der Waals surface area (Å²) in [5.74, 6) is 0.0681. The Kier molecular flexibility index (Phi) is 5.16. The molecule has 0 radical (unpaired) electrons. The van der Waals surface area contributed by atoms with Crippen molar-refractivity contribution in [1.82, 2.24) is 9.55 Å². The highest BCUT2D eigenvalue weighted by Gasteiger charge is 2.08. The van der Waals surface area contributed by atoms with Crippen molar-refractivity contribution in [2.45, 2.75) is 24.9 Å². The van der Waals surface area contributed by atoms with Crippen molar-refractivity contribution < 1.29 is 8.42 Å². The molecule has 0 aliphatic carbocycles. The summed E-state index contributed by atoms with van der Waals surface area (Å²) >= 11 is 1.11. The third kappa shape index (κ3) is 4.88. The quantitative estimate of drug-likeness (QED) is 0.740. The van der Waals surface area contributed by atoms with Crippen LogP contribution in [-0.4, -0.2) is 29.5 Å². The van der Waals surface area contributed by atoms with E-state index in [0.717, 1.165) is 18.2 Å². The topological polar surface area (TPSA) is 95.1 Å². The minimum Gasteiger partial charge on any atom is -0.312 e. The molecule has 96 valence electrons. The fourth-order valence-electron chi connectivity index (χ4n) is 1.20. The van der Waals surface area contributed by atoms with E-state index < -0.39 is 10.0 Å². The molecule has 0 bridgehead atoms. The van der Waals surface area contributed by atoms with Crippen LogP contribution in [0.2, 0.25) is 0 Å². The van der Waals surface area contributed by atoms with Crippen LogP contribution < -0.4 is 10.7 Å². The maximum absolute atomic E-state index is 11.8. The zero-order valence-electron chi connectivity index (χ0n) is 9.50. The van der Waals surface area contributed by atoms with Gasteiger partial charge in [0.2, 0.25) is 10.0 Å². The second-order valence-corrected chi connectivity index (χ2v) is 6.26. The molecule has 8 heteroatoms. The van der Waals surface area contributed by atoms with Gasteiger partial charge in [0.1, 0.15) is 0 Å². The molecule has 0 saturated carbocycles. The third-order valence-corrected chi connectivity index (χ3v) is 3.95. The highest BCUT2D eigenvalue weighted by Crippen LogP contribution is 2.09. The molecule has 0 unspecified atom stereocenters. The lowest BCUT2D eigenvalue weighted by molar-refractivity contribution is 0.599. The maximum Gasteiger partial charge on any atom is 0.283 e. The minimum atomic E-state index is -3.48. The zero-order valence-corrected chi connectivity index (χ0v) is 11.1. The lowest BCUT2D eigenvalue weighted by Gasteiger charge is -2.05. The van der Waals surface area contributed by atoms with E-state index >= 15 is 0 Å². The van der Waals surface area contributed by atoms with E-state index in [1.807, 2.05) is 6.92 Å². The van der Waals surface area contributed by atoms with Crippen LogP contribution >= 0.6 is 11.8 Å². The molecule has 6 nitrogen and oxygen atoms in total. The highest BCUT2D eigenvalue weighted by molar-refractivity contribution is 8.00. The Morgan fingerprint density at radius 1 is 1.53 bits per heavy atom. The molecule has 2 N–H and O–H groups in total. The first kappa shape index (κ1) is 14.2. The minimum absolute atomic E-state index is 0.165. The number of hydrogen-bond acceptors (Lipinski definition) is 5. The summed E-state index contributed by atoms with van der Waals surface area (Å²) < 4.78 is 23.0. The Morgan fingerprint density at radius 3 is 2.82 bits per heavy atom. The van der Waals surface area contributed by atoms with E-state index in [1.54, 1.807) is 10.8 Å². The second kappa shape index (κ2) is 6.18. The third-order valence-electron chi connectivity index (χ3n) is 1.95. The van der Waals surface area contributed by atoms with Gasteiger partial charge >= 0.3 is 0 Å². The number of aryl methyl sites for hydroxylation is 1. The van der Waals surface area contributed by atoms with Crippen molar-refractivity contribution in [1.29, 1.82) is 0 Å². The van der Waals surface area contributed by atoms with Gasteiger partial charge in [0.05, 0.1) is 5.75 Å². The van der Waals surface area contributed by atoms with Gasteiger partial charge in [0, 0.05) is 24.7 Å². The van der Waals surface area contributed by atoms with Crippen LogP contribution in [-0.2, 0) is 16.6 Å². The number of sulfonamides is 1. The molecule has 0 aromatic carbocycles. The number of nitrogens with zero attached hydrogens (tertiary/aromatic N) is 2. The Hall–Kier alpha value is -0.860. The average molecular weight is 277 g/mol. The van der Waals surface area contributed by atoms with Crippen LogP contribution in [0.15, 0.2) is 22.2 Å². The summed E-state index contributed by atoms with van der Waals surface area (Å²) in [4.78, 5) is 15.7. The number of thioether (sulfide) groups is 1. The Bertz CT molecular complexity index is 525. The van der Waals surface area contributed by atoms with E-state index in [2.05, 4.69) is 4.98 Å². The Morgan fingerprint density at radius 2 is 2.24 bits per heavy atom. The fraction of sp³-hybridized carbons (Fsp3) is 0.556. The average Bonchev–Trinajstić information content (AvgIpc) is 2.22. The molecule has 0 aliphatic heterocycles. The summed E-state index contributed by atoms with van der Waals surface area (Å²) in [6, 6.07) is 0. The van der Waals surface area contributed by atoms with Crippen molar-refractivity contribution in [3.8, 4) is 0 Å². The van der Waals surface area contributed by atoms with Crippen molar-refractivity contribution >= 4 is 21.8 Å². The van der Waals surface area contributed by atoms with Gasteiger partial charge in [-0.05, 0) is 6.42 Å². The van der Waals surface area contributed by atoms with Gasteiger partial charge in [0.25, 0.3) is 5.56 Å². The van der Waals surface area contributed by atoms with Crippen molar-refractivity contribution in [2.75, 3.05) is 11.5 Å². The molecule has 0 atom stereocenters. The molecule has 0 saturated heterocycles. The molecule has 1 aromatic rings. The number of rotatable bonds is 6. The lowest BCUT2D eigenvalue weighted by Crippen LogP contribution is -2.23. The highest BCUT2D eigenvalue weighted by atomic mass is 32.2. The summed E-state index contributed by atoms with van der Waals surface area (Å²) in [5, 5.41) is 5.18. The van der Waals surface area contributed by atoms with Crippen molar-refractivity contribution in [2.24, 2.45) is 5.14 Å². The number of primary sulfonamides is 1. The summed E-state index contributed by atoms with van der Waals surface area (Å²) in [6.07, 6.45) is 4.01. The molecule has 17 heavy (non-hydrogen) atoms. The standard InChI is InChI=1S/C9H15N3O3S2/c1-2-4-12-5-3-11-8(9(12)13)16-6-7-17(10,14)15/h3,5H,2,4,6-7H2,1H3,(H2,10,14,15). The largest absolute Gasteiger partial charge is 0.312 e. The monoisotopic (exact) mass is 277 g/mol. The Labute approximate surface area is 104 Å². The van der Waals surface area contributed by atoms with Gasteiger partial charge < -0.3 is 4.57 Å². The zero-order chi connectivity index (χ0) is 12.9. The second-order valence-electron chi connectivity index (χ2n) is 3.45. The molecular weight excluding hydrogens is 262 g/mol. The van der Waals surface area contributed by atoms with Crippen molar-refractivity contribution in [3.63, 3.8) is 0 Å². The van der Waals surface area contributed by atoms with Crippen LogP contribution in [0.25, 0.3) is 0 Å². The Balaban J connectivity index is 2.72. The molecule has 0 amide bonds. The van der Waals surface area contributed by atoms with Gasteiger partial charge in [-0.2, -0.15) is 0 Å². The molecule has 0 spiro atoms. The van der Waals surface area contributed by atoms with Gasteiger partial charge in [0.15, 0.2) is 5.03 Å². The predicted molar refractivity (Wildman–Crippen MR) is 67.5 cm³/mol. The van der Waals surface area contributed by atoms with Crippen LogP contribution in [0.5, 0.6) is 0 Å². The summed E-state index contributed by atoms with van der Waals surface area (Å²) in [5.41, 5.74) is -0.186. The van der Waals surface area contributed by atoms with E-state index in [1.165, 1.54) is 6.20 Å². The van der Waals surface area contributed by atoms with Crippen LogP contribution in [0, 0.1) is 0 Å². The lowest BCUT2D eigenvalue weighted by atomic mass is 10.5. The molecule has 1 rings (SSSR count). The van der Waals surface area contributed by atoms with E-state index in [9.17, 15) is 13.2 Å². The normalized spacial score (nSPS) is 11.6. The summed E-state index contributed by atoms with van der Waals surface area (Å²) in [6.45, 7) is 2.60. The smallest absolute Gasteiger partial charge is 0.283 e. The van der Waals surface area contributed by atoms with Crippen molar-refractivity contribution in [3.05, 3.63) is 22.7 Å². The maximum atomic E-state index is 11.8. The summed E-state index contributed by atoms with van der Waals surface area (Å²) in [7, 11) is -3.48. The molecule has 0 aliphatic rings. The van der Waals surface area contributed by atoms with Crippen LogP contribution in [0.1, 0.15) is 13.3 Å². The first-order chi connectivity index (χ1) is 7.94. The van der Waals surface area contributed by atoms with Gasteiger partial charge in [-0.15, -0.1) is 0 Å².